The van der Waals surface area contributed by atoms with Crippen LogP contribution in [0.25, 0.3) is 0 Å². The summed E-state index contributed by atoms with van der Waals surface area (Å²) in [5, 5.41) is 3.44. The van der Waals surface area contributed by atoms with E-state index in [0.717, 1.165) is 30.8 Å². The van der Waals surface area contributed by atoms with E-state index in [-0.39, 0.29) is 12.3 Å². The molecule has 2 amide bonds. The van der Waals surface area contributed by atoms with E-state index in [1.807, 2.05) is 18.2 Å². The molecule has 0 aliphatic carbocycles. The third kappa shape index (κ3) is 4.70. The van der Waals surface area contributed by atoms with E-state index < -0.39 is 0 Å². The van der Waals surface area contributed by atoms with Gasteiger partial charge in [-0.2, -0.15) is 0 Å². The zero-order chi connectivity index (χ0) is 17.6. The molecule has 7 heteroatoms. The van der Waals surface area contributed by atoms with E-state index in [0.29, 0.717) is 23.9 Å². The number of hydrogen-bond donors (Lipinski definition) is 1. The van der Waals surface area contributed by atoms with Crippen molar-refractivity contribution in [2.75, 3.05) is 36.4 Å². The SMILES string of the molecule is O=CN1CCN(c2ccc(NC(=O)Cc3ccc(Cl)cc3)nc2)CC1. The number of halogens is 1. The van der Waals surface area contributed by atoms with Crippen molar-refractivity contribution in [2.45, 2.75) is 6.42 Å². The second kappa shape index (κ2) is 7.98. The monoisotopic (exact) mass is 358 g/mol. The molecule has 1 aliphatic rings. The maximum atomic E-state index is 12.1. The standard InChI is InChI=1S/C18H19ClN4O2/c19-15-3-1-14(2-4-15)11-18(25)21-17-6-5-16(12-20-17)23-9-7-22(13-24)8-10-23/h1-6,12-13H,7-11H2,(H,20,21,25). The molecule has 0 atom stereocenters. The molecule has 0 bridgehead atoms. The number of piperazine rings is 1. The lowest BCUT2D eigenvalue weighted by Gasteiger charge is -2.33. The summed E-state index contributed by atoms with van der Waals surface area (Å²) in [4.78, 5) is 31.1. The molecule has 1 N–H and O–H groups in total. The minimum Gasteiger partial charge on any atom is -0.367 e. The predicted molar refractivity (Wildman–Crippen MR) is 97.9 cm³/mol. The summed E-state index contributed by atoms with van der Waals surface area (Å²) in [6.45, 7) is 2.98. The van der Waals surface area contributed by atoms with Gasteiger partial charge in [0.15, 0.2) is 0 Å². The van der Waals surface area contributed by atoms with Gasteiger partial charge in [-0.25, -0.2) is 4.98 Å². The number of rotatable bonds is 5. The summed E-state index contributed by atoms with van der Waals surface area (Å²) in [6.07, 6.45) is 2.90. The summed E-state index contributed by atoms with van der Waals surface area (Å²) in [6, 6.07) is 10.9. The summed E-state index contributed by atoms with van der Waals surface area (Å²) in [7, 11) is 0. The lowest BCUT2D eigenvalue weighted by atomic mass is 10.1. The highest BCUT2D eigenvalue weighted by atomic mass is 35.5. The van der Waals surface area contributed by atoms with E-state index in [4.69, 9.17) is 11.6 Å². The van der Waals surface area contributed by atoms with Gasteiger partial charge in [-0.15, -0.1) is 0 Å². The first-order valence-corrected chi connectivity index (χ1v) is 8.46. The van der Waals surface area contributed by atoms with Crippen LogP contribution in [0.2, 0.25) is 5.02 Å². The number of nitrogens with one attached hydrogen (secondary N) is 1. The number of hydrogen-bond acceptors (Lipinski definition) is 4. The second-order valence-corrected chi connectivity index (χ2v) is 6.32. The molecule has 2 aromatic rings. The van der Waals surface area contributed by atoms with Crippen LogP contribution < -0.4 is 10.2 Å². The lowest BCUT2D eigenvalue weighted by Crippen LogP contribution is -2.45. The molecule has 0 spiro atoms. The van der Waals surface area contributed by atoms with Gasteiger partial charge in [0, 0.05) is 31.2 Å². The molecule has 0 saturated carbocycles. The van der Waals surface area contributed by atoms with Crippen LogP contribution in [0.4, 0.5) is 11.5 Å². The van der Waals surface area contributed by atoms with Crippen molar-refractivity contribution in [1.29, 1.82) is 0 Å². The minimum atomic E-state index is -0.123. The highest BCUT2D eigenvalue weighted by Crippen LogP contribution is 2.17. The molecule has 1 saturated heterocycles. The number of amides is 2. The number of nitrogens with zero attached hydrogens (tertiary/aromatic N) is 3. The van der Waals surface area contributed by atoms with Crippen molar-refractivity contribution in [2.24, 2.45) is 0 Å². The van der Waals surface area contributed by atoms with Crippen LogP contribution in [0.5, 0.6) is 0 Å². The number of carbonyl (C=O) groups is 2. The highest BCUT2D eigenvalue weighted by Gasteiger charge is 2.16. The van der Waals surface area contributed by atoms with Crippen molar-refractivity contribution in [3.8, 4) is 0 Å². The Labute approximate surface area is 151 Å². The number of anilines is 2. The van der Waals surface area contributed by atoms with Crippen molar-refractivity contribution in [1.82, 2.24) is 9.88 Å². The van der Waals surface area contributed by atoms with Gasteiger partial charge in [0.25, 0.3) is 0 Å². The first-order chi connectivity index (χ1) is 12.1. The summed E-state index contributed by atoms with van der Waals surface area (Å²) < 4.78 is 0. The summed E-state index contributed by atoms with van der Waals surface area (Å²) in [5.41, 5.74) is 1.88. The van der Waals surface area contributed by atoms with E-state index in [9.17, 15) is 9.59 Å². The average Bonchev–Trinajstić information content (AvgIpc) is 2.64. The maximum absolute atomic E-state index is 12.1. The second-order valence-electron chi connectivity index (χ2n) is 5.88. The zero-order valence-corrected chi connectivity index (χ0v) is 14.4. The Kier molecular flexibility index (Phi) is 5.50. The molecule has 2 heterocycles. The fourth-order valence-corrected chi connectivity index (χ4v) is 2.83. The Morgan fingerprint density at radius 2 is 1.84 bits per heavy atom. The number of pyridine rings is 1. The Bertz CT molecular complexity index is 726. The van der Waals surface area contributed by atoms with Crippen LogP contribution >= 0.6 is 11.6 Å². The molecule has 1 fully saturated rings. The molecule has 0 unspecified atom stereocenters. The van der Waals surface area contributed by atoms with Crippen LogP contribution in [0.3, 0.4) is 0 Å². The quantitative estimate of drug-likeness (QED) is 0.832. The lowest BCUT2D eigenvalue weighted by molar-refractivity contribution is -0.118. The minimum absolute atomic E-state index is 0.123. The molecule has 1 aromatic heterocycles. The first kappa shape index (κ1) is 17.2. The van der Waals surface area contributed by atoms with Crippen molar-refractivity contribution in [3.05, 3.63) is 53.2 Å². The van der Waals surface area contributed by atoms with Crippen LogP contribution in [0, 0.1) is 0 Å². The normalized spacial score (nSPS) is 14.3. The van der Waals surface area contributed by atoms with Gasteiger partial charge in [0.1, 0.15) is 5.82 Å². The Morgan fingerprint density at radius 3 is 2.44 bits per heavy atom. The predicted octanol–water partition coefficient (Wildman–Crippen LogP) is 2.19. The van der Waals surface area contributed by atoms with Gasteiger partial charge in [0.2, 0.25) is 12.3 Å². The summed E-state index contributed by atoms with van der Waals surface area (Å²) in [5.74, 6) is 0.399. The van der Waals surface area contributed by atoms with E-state index in [2.05, 4.69) is 15.2 Å². The molecule has 0 radical (unpaired) electrons. The molecular formula is C18H19ClN4O2. The van der Waals surface area contributed by atoms with Crippen molar-refractivity contribution >= 4 is 35.4 Å². The molecule has 130 valence electrons. The van der Waals surface area contributed by atoms with Gasteiger partial charge in [-0.1, -0.05) is 23.7 Å². The fourth-order valence-electron chi connectivity index (χ4n) is 2.71. The Morgan fingerprint density at radius 1 is 1.12 bits per heavy atom. The van der Waals surface area contributed by atoms with Crippen molar-refractivity contribution in [3.63, 3.8) is 0 Å². The molecular weight excluding hydrogens is 340 g/mol. The third-order valence-corrected chi connectivity index (χ3v) is 4.37. The Hall–Kier alpha value is -2.60. The molecule has 3 rings (SSSR count). The smallest absolute Gasteiger partial charge is 0.229 e. The number of benzene rings is 1. The maximum Gasteiger partial charge on any atom is 0.229 e. The van der Waals surface area contributed by atoms with Gasteiger partial charge in [0.05, 0.1) is 18.3 Å². The van der Waals surface area contributed by atoms with Gasteiger partial charge >= 0.3 is 0 Å². The van der Waals surface area contributed by atoms with Gasteiger partial charge in [-0.05, 0) is 29.8 Å². The van der Waals surface area contributed by atoms with E-state index in [1.165, 1.54) is 0 Å². The molecule has 1 aliphatic heterocycles. The first-order valence-electron chi connectivity index (χ1n) is 8.09. The summed E-state index contributed by atoms with van der Waals surface area (Å²) >= 11 is 5.84. The molecule has 25 heavy (non-hydrogen) atoms. The number of carbonyl (C=O) groups excluding carboxylic acids is 2. The molecule has 6 nitrogen and oxygen atoms in total. The fraction of sp³-hybridized carbons (Fsp3) is 0.278. The average molecular weight is 359 g/mol. The topological polar surface area (TPSA) is 65.5 Å². The van der Waals surface area contributed by atoms with Gasteiger partial charge < -0.3 is 15.1 Å². The third-order valence-electron chi connectivity index (χ3n) is 4.12. The van der Waals surface area contributed by atoms with Crippen molar-refractivity contribution < 1.29 is 9.59 Å². The highest BCUT2D eigenvalue weighted by molar-refractivity contribution is 6.30. The Balaban J connectivity index is 1.54. The van der Waals surface area contributed by atoms with E-state index in [1.54, 1.807) is 29.3 Å². The zero-order valence-electron chi connectivity index (χ0n) is 13.7. The van der Waals surface area contributed by atoms with Crippen LogP contribution in [0.15, 0.2) is 42.6 Å². The van der Waals surface area contributed by atoms with E-state index >= 15 is 0 Å². The van der Waals surface area contributed by atoms with Crippen LogP contribution in [0.1, 0.15) is 5.56 Å². The van der Waals surface area contributed by atoms with Gasteiger partial charge in [-0.3, -0.25) is 9.59 Å². The number of aromatic nitrogens is 1. The molecule has 1 aromatic carbocycles. The van der Waals surface area contributed by atoms with Crippen LogP contribution in [-0.4, -0.2) is 48.4 Å². The van der Waals surface area contributed by atoms with Crippen LogP contribution in [-0.2, 0) is 16.0 Å². The largest absolute Gasteiger partial charge is 0.367 e.